The molecule has 1 N–H and O–H groups in total. The molecule has 1 aromatic carbocycles. The van der Waals surface area contributed by atoms with Crippen molar-refractivity contribution in [1.82, 2.24) is 15.5 Å². The number of halogens is 1. The number of nitrogens with one attached hydrogen (secondary N) is 1. The fourth-order valence-corrected chi connectivity index (χ4v) is 2.62. The smallest absolute Gasteiger partial charge is 0.277 e. The summed E-state index contributed by atoms with van der Waals surface area (Å²) in [4.78, 5) is 12.0. The number of aromatic nitrogens is 2. The Morgan fingerprint density at radius 2 is 2.14 bits per heavy atom. The normalized spacial score (nSPS) is 15.5. The third kappa shape index (κ3) is 3.85. The van der Waals surface area contributed by atoms with E-state index in [2.05, 4.69) is 15.5 Å². The number of thioether (sulfide) groups is 1. The molecule has 0 saturated heterocycles. The van der Waals surface area contributed by atoms with Crippen molar-refractivity contribution in [1.29, 1.82) is 0 Å². The first-order valence-corrected chi connectivity index (χ1v) is 8.02. The maximum atomic E-state index is 12.8. The molecule has 3 rings (SSSR count). The van der Waals surface area contributed by atoms with Crippen LogP contribution in [0, 0.1) is 5.82 Å². The zero-order valence-electron chi connectivity index (χ0n) is 12.1. The largest absolute Gasteiger partial charge is 0.416 e. The molecule has 1 aromatic heterocycles. The maximum absolute atomic E-state index is 12.8. The third-order valence-corrected chi connectivity index (χ3v) is 4.31. The predicted molar refractivity (Wildman–Crippen MR) is 79.8 cm³/mol. The van der Waals surface area contributed by atoms with Crippen molar-refractivity contribution in [2.75, 3.05) is 0 Å². The fourth-order valence-electron chi connectivity index (χ4n) is 1.90. The van der Waals surface area contributed by atoms with Crippen LogP contribution >= 0.6 is 11.8 Å². The van der Waals surface area contributed by atoms with Gasteiger partial charge in [0, 0.05) is 12.5 Å². The van der Waals surface area contributed by atoms with E-state index in [-0.39, 0.29) is 17.0 Å². The van der Waals surface area contributed by atoms with Gasteiger partial charge >= 0.3 is 0 Å². The van der Waals surface area contributed by atoms with E-state index in [1.807, 2.05) is 0 Å². The summed E-state index contributed by atoms with van der Waals surface area (Å²) < 4.78 is 18.3. The van der Waals surface area contributed by atoms with Crippen LogP contribution in [0.3, 0.4) is 0 Å². The Labute approximate surface area is 131 Å². The van der Waals surface area contributed by atoms with Gasteiger partial charge < -0.3 is 9.73 Å². The van der Waals surface area contributed by atoms with Crippen LogP contribution in [0.5, 0.6) is 0 Å². The SMILES string of the molecule is C[C@@H](Sc1nnc(C2CC2)o1)C(=O)NCc1ccc(F)cc1. The van der Waals surface area contributed by atoms with Crippen LogP contribution in [0.2, 0.25) is 0 Å². The number of carbonyl (C=O) groups is 1. The molecule has 0 radical (unpaired) electrons. The van der Waals surface area contributed by atoms with Crippen molar-refractivity contribution in [3.63, 3.8) is 0 Å². The highest BCUT2D eigenvalue weighted by atomic mass is 32.2. The van der Waals surface area contributed by atoms with E-state index < -0.39 is 0 Å². The molecule has 1 atom stereocenters. The van der Waals surface area contributed by atoms with Crippen molar-refractivity contribution >= 4 is 17.7 Å². The summed E-state index contributed by atoms with van der Waals surface area (Å²) in [5.74, 6) is 0.660. The highest BCUT2D eigenvalue weighted by molar-refractivity contribution is 8.00. The van der Waals surface area contributed by atoms with E-state index in [1.54, 1.807) is 19.1 Å². The number of benzene rings is 1. The van der Waals surface area contributed by atoms with Crippen molar-refractivity contribution in [2.45, 2.75) is 42.7 Å². The molecule has 1 amide bonds. The van der Waals surface area contributed by atoms with Gasteiger partial charge in [0.1, 0.15) is 5.82 Å². The molecule has 116 valence electrons. The Balaban J connectivity index is 1.49. The summed E-state index contributed by atoms with van der Waals surface area (Å²) >= 11 is 1.24. The minimum Gasteiger partial charge on any atom is -0.416 e. The van der Waals surface area contributed by atoms with Gasteiger partial charge in [0.2, 0.25) is 11.8 Å². The average Bonchev–Trinajstić information content (AvgIpc) is 3.26. The number of carbonyl (C=O) groups excluding carboxylic acids is 1. The van der Waals surface area contributed by atoms with Gasteiger partial charge in [-0.05, 0) is 37.5 Å². The minimum atomic E-state index is -0.340. The highest BCUT2D eigenvalue weighted by Crippen LogP contribution is 2.40. The third-order valence-electron chi connectivity index (χ3n) is 3.38. The van der Waals surface area contributed by atoms with E-state index in [1.165, 1.54) is 23.9 Å². The fraction of sp³-hybridized carbons (Fsp3) is 0.400. The summed E-state index contributed by atoms with van der Waals surface area (Å²) in [7, 11) is 0. The van der Waals surface area contributed by atoms with Gasteiger partial charge in [-0.15, -0.1) is 10.2 Å². The first kappa shape index (κ1) is 15.0. The van der Waals surface area contributed by atoms with Gasteiger partial charge in [0.05, 0.1) is 5.25 Å². The lowest BCUT2D eigenvalue weighted by molar-refractivity contribution is -0.120. The number of amides is 1. The summed E-state index contributed by atoms with van der Waals surface area (Å²) in [5, 5.41) is 10.8. The Hall–Kier alpha value is -1.89. The lowest BCUT2D eigenvalue weighted by atomic mass is 10.2. The Kier molecular flexibility index (Phi) is 4.42. The predicted octanol–water partition coefficient (Wildman–Crippen LogP) is 2.88. The molecule has 7 heteroatoms. The van der Waals surface area contributed by atoms with Crippen molar-refractivity contribution in [3.05, 3.63) is 41.5 Å². The highest BCUT2D eigenvalue weighted by Gasteiger charge is 2.30. The van der Waals surface area contributed by atoms with Gasteiger partial charge in [-0.2, -0.15) is 0 Å². The molecule has 1 aliphatic rings. The second kappa shape index (κ2) is 6.48. The summed E-state index contributed by atoms with van der Waals surface area (Å²) in [6.07, 6.45) is 2.19. The molecule has 1 aliphatic carbocycles. The van der Waals surface area contributed by atoms with Gasteiger partial charge in [-0.3, -0.25) is 4.79 Å². The molecule has 0 aliphatic heterocycles. The standard InChI is InChI=1S/C15H16FN3O2S/c1-9(22-15-19-18-14(21-15)11-4-5-11)13(20)17-8-10-2-6-12(16)7-3-10/h2-3,6-7,9,11H,4-5,8H2,1H3,(H,17,20)/t9-/m1/s1. The molecule has 0 spiro atoms. The summed E-state index contributed by atoms with van der Waals surface area (Å²) in [6, 6.07) is 6.04. The van der Waals surface area contributed by atoms with Crippen LogP contribution in [0.25, 0.3) is 0 Å². The van der Waals surface area contributed by atoms with E-state index in [0.717, 1.165) is 18.4 Å². The van der Waals surface area contributed by atoms with Gasteiger partial charge in [-0.25, -0.2) is 4.39 Å². The van der Waals surface area contributed by atoms with E-state index >= 15 is 0 Å². The Bertz CT molecular complexity index is 655. The quantitative estimate of drug-likeness (QED) is 0.829. The molecule has 2 aromatic rings. The topological polar surface area (TPSA) is 68.0 Å². The first-order chi connectivity index (χ1) is 10.6. The summed E-state index contributed by atoms with van der Waals surface area (Å²) in [5.41, 5.74) is 0.848. The number of nitrogens with zero attached hydrogens (tertiary/aromatic N) is 2. The second-order valence-corrected chi connectivity index (χ2v) is 6.58. The average molecular weight is 321 g/mol. The van der Waals surface area contributed by atoms with Gasteiger partial charge in [0.15, 0.2) is 0 Å². The molecular formula is C15H16FN3O2S. The van der Waals surface area contributed by atoms with Crippen LogP contribution in [-0.2, 0) is 11.3 Å². The summed E-state index contributed by atoms with van der Waals surface area (Å²) in [6.45, 7) is 2.15. The molecule has 1 fully saturated rings. The molecular weight excluding hydrogens is 305 g/mol. The van der Waals surface area contributed by atoms with Gasteiger partial charge in [0.25, 0.3) is 5.22 Å². The molecule has 1 saturated carbocycles. The van der Waals surface area contributed by atoms with Crippen LogP contribution in [0.1, 0.15) is 37.1 Å². The first-order valence-electron chi connectivity index (χ1n) is 7.14. The lowest BCUT2D eigenvalue weighted by Gasteiger charge is -2.09. The van der Waals surface area contributed by atoms with Crippen LogP contribution in [0.15, 0.2) is 33.9 Å². The molecule has 5 nitrogen and oxygen atoms in total. The molecule has 22 heavy (non-hydrogen) atoms. The van der Waals surface area contributed by atoms with E-state index in [9.17, 15) is 9.18 Å². The van der Waals surface area contributed by atoms with Crippen molar-refractivity contribution in [2.24, 2.45) is 0 Å². The Morgan fingerprint density at radius 1 is 1.41 bits per heavy atom. The van der Waals surface area contributed by atoms with E-state index in [4.69, 9.17) is 4.42 Å². The van der Waals surface area contributed by atoms with E-state index in [0.29, 0.717) is 23.6 Å². The lowest BCUT2D eigenvalue weighted by Crippen LogP contribution is -2.30. The van der Waals surface area contributed by atoms with Crippen molar-refractivity contribution < 1.29 is 13.6 Å². The van der Waals surface area contributed by atoms with Crippen LogP contribution < -0.4 is 5.32 Å². The maximum Gasteiger partial charge on any atom is 0.277 e. The Morgan fingerprint density at radius 3 is 2.82 bits per heavy atom. The van der Waals surface area contributed by atoms with Gasteiger partial charge in [-0.1, -0.05) is 23.9 Å². The van der Waals surface area contributed by atoms with Crippen molar-refractivity contribution in [3.8, 4) is 0 Å². The number of hydrogen-bond acceptors (Lipinski definition) is 5. The number of hydrogen-bond donors (Lipinski definition) is 1. The zero-order valence-corrected chi connectivity index (χ0v) is 12.9. The molecule has 1 heterocycles. The monoisotopic (exact) mass is 321 g/mol. The molecule has 0 bridgehead atoms. The van der Waals surface area contributed by atoms with Crippen LogP contribution in [0.4, 0.5) is 4.39 Å². The zero-order chi connectivity index (χ0) is 15.5. The second-order valence-electron chi connectivity index (χ2n) is 5.28. The minimum absolute atomic E-state index is 0.125. The number of rotatable bonds is 6. The van der Waals surface area contributed by atoms with Crippen LogP contribution in [-0.4, -0.2) is 21.4 Å². The molecule has 0 unspecified atom stereocenters.